The van der Waals surface area contributed by atoms with Gasteiger partial charge in [0.2, 0.25) is 0 Å². The second-order valence-corrected chi connectivity index (χ2v) is 3.21. The highest BCUT2D eigenvalue weighted by Gasteiger charge is 1.96. The van der Waals surface area contributed by atoms with Gasteiger partial charge in [-0.25, -0.2) is 5.43 Å². The Morgan fingerprint density at radius 2 is 2.07 bits per heavy atom. The quantitative estimate of drug-likeness (QED) is 0.654. The molecule has 0 bridgehead atoms. The lowest BCUT2D eigenvalue weighted by atomic mass is 10.2. The summed E-state index contributed by atoms with van der Waals surface area (Å²) in [5, 5.41) is 6.69. The molecule has 0 saturated carbocycles. The predicted molar refractivity (Wildman–Crippen MR) is 58.0 cm³/mol. The number of H-pyrrole nitrogens is 1. The maximum atomic E-state index is 4.10. The summed E-state index contributed by atoms with van der Waals surface area (Å²) >= 11 is 0. The van der Waals surface area contributed by atoms with Gasteiger partial charge >= 0.3 is 0 Å². The highest BCUT2D eigenvalue weighted by Crippen LogP contribution is 1.98. The first-order valence-electron chi connectivity index (χ1n) is 4.76. The first-order chi connectivity index (χ1) is 7.34. The molecule has 1 heterocycles. The molecule has 0 unspecified atom stereocenters. The average Bonchev–Trinajstić information content (AvgIpc) is 2.66. The van der Waals surface area contributed by atoms with Crippen molar-refractivity contribution in [1.29, 1.82) is 0 Å². The molecule has 1 aromatic heterocycles. The average molecular weight is 203 g/mol. The predicted octanol–water partition coefficient (Wildman–Crippen LogP) is 1.23. The monoisotopic (exact) mass is 203 g/mol. The Morgan fingerprint density at radius 3 is 2.73 bits per heavy atom. The molecule has 78 valence electrons. The molecule has 5 heteroatoms. The van der Waals surface area contributed by atoms with Crippen LogP contribution in [0.15, 0.2) is 30.3 Å². The van der Waals surface area contributed by atoms with Crippen LogP contribution in [0.1, 0.15) is 11.4 Å². The van der Waals surface area contributed by atoms with Crippen molar-refractivity contribution in [3.63, 3.8) is 0 Å². The van der Waals surface area contributed by atoms with Crippen LogP contribution in [-0.2, 0) is 6.54 Å². The summed E-state index contributed by atoms with van der Waals surface area (Å²) in [4.78, 5) is 4.10. The molecule has 0 aliphatic heterocycles. The third kappa shape index (κ3) is 2.78. The van der Waals surface area contributed by atoms with E-state index in [1.165, 1.54) is 5.56 Å². The summed E-state index contributed by atoms with van der Waals surface area (Å²) in [6.45, 7) is 2.59. The van der Waals surface area contributed by atoms with E-state index in [2.05, 4.69) is 38.2 Å². The lowest BCUT2D eigenvalue weighted by Gasteiger charge is -2.03. The number of hydrogen-bond donors (Lipinski definition) is 3. The lowest BCUT2D eigenvalue weighted by Crippen LogP contribution is -2.21. The molecule has 2 aromatic rings. The minimum atomic E-state index is 0.559. The Balaban J connectivity index is 1.80. The van der Waals surface area contributed by atoms with Crippen LogP contribution < -0.4 is 10.9 Å². The molecular weight excluding hydrogens is 190 g/mol. The maximum absolute atomic E-state index is 4.10. The van der Waals surface area contributed by atoms with Gasteiger partial charge < -0.3 is 0 Å². The fourth-order valence-electron chi connectivity index (χ4n) is 1.22. The van der Waals surface area contributed by atoms with Crippen LogP contribution in [0.5, 0.6) is 0 Å². The third-order valence-electron chi connectivity index (χ3n) is 1.93. The van der Waals surface area contributed by atoms with Crippen LogP contribution in [0, 0.1) is 6.92 Å². The van der Waals surface area contributed by atoms with Crippen LogP contribution >= 0.6 is 0 Å². The van der Waals surface area contributed by atoms with Crippen molar-refractivity contribution in [2.24, 2.45) is 0 Å². The zero-order valence-electron chi connectivity index (χ0n) is 8.49. The van der Waals surface area contributed by atoms with Gasteiger partial charge in [-0.3, -0.25) is 10.5 Å². The number of aromatic nitrogens is 3. The van der Waals surface area contributed by atoms with E-state index in [1.54, 1.807) is 0 Å². The van der Waals surface area contributed by atoms with Gasteiger partial charge in [0.15, 0.2) is 0 Å². The van der Waals surface area contributed by atoms with Gasteiger partial charge in [0.25, 0.3) is 5.95 Å². The summed E-state index contributed by atoms with van der Waals surface area (Å²) in [7, 11) is 0. The van der Waals surface area contributed by atoms with Gasteiger partial charge in [-0.15, -0.1) is 5.10 Å². The Bertz CT molecular complexity index is 409. The van der Waals surface area contributed by atoms with E-state index in [9.17, 15) is 0 Å². The molecule has 1 aromatic carbocycles. The summed E-state index contributed by atoms with van der Waals surface area (Å²) in [6, 6.07) is 10.1. The number of nitrogens with zero attached hydrogens (tertiary/aromatic N) is 2. The van der Waals surface area contributed by atoms with Crippen molar-refractivity contribution in [3.8, 4) is 0 Å². The molecule has 0 radical (unpaired) electrons. The van der Waals surface area contributed by atoms with Gasteiger partial charge in [0, 0.05) is 6.54 Å². The topological polar surface area (TPSA) is 65.6 Å². The van der Waals surface area contributed by atoms with Gasteiger partial charge in [0.05, 0.1) is 0 Å². The summed E-state index contributed by atoms with van der Waals surface area (Å²) in [5.41, 5.74) is 7.15. The molecule has 0 saturated heterocycles. The smallest absolute Gasteiger partial charge is 0.256 e. The summed E-state index contributed by atoms with van der Waals surface area (Å²) in [5.74, 6) is 1.35. The molecule has 0 amide bonds. The van der Waals surface area contributed by atoms with Crippen LogP contribution in [0.3, 0.4) is 0 Å². The van der Waals surface area contributed by atoms with E-state index in [4.69, 9.17) is 0 Å². The van der Waals surface area contributed by atoms with Gasteiger partial charge in [0.1, 0.15) is 5.82 Å². The fourth-order valence-corrected chi connectivity index (χ4v) is 1.22. The fraction of sp³-hybridized carbons (Fsp3) is 0.200. The van der Waals surface area contributed by atoms with Crippen molar-refractivity contribution in [1.82, 2.24) is 20.6 Å². The van der Waals surface area contributed by atoms with Crippen LogP contribution in [0.4, 0.5) is 5.95 Å². The number of anilines is 1. The highest BCUT2D eigenvalue weighted by atomic mass is 15.4. The van der Waals surface area contributed by atoms with Crippen LogP contribution in [0.25, 0.3) is 0 Å². The number of nitrogens with one attached hydrogen (secondary N) is 3. The number of rotatable bonds is 4. The zero-order valence-corrected chi connectivity index (χ0v) is 8.49. The summed E-state index contributed by atoms with van der Waals surface area (Å²) in [6.07, 6.45) is 0. The number of aryl methyl sites for hydroxylation is 1. The molecule has 0 spiro atoms. The molecule has 0 aliphatic rings. The Morgan fingerprint density at radius 1 is 1.27 bits per heavy atom. The Kier molecular flexibility index (Phi) is 2.94. The normalized spacial score (nSPS) is 10.2. The largest absolute Gasteiger partial charge is 0.288 e. The minimum absolute atomic E-state index is 0.559. The summed E-state index contributed by atoms with van der Waals surface area (Å²) < 4.78 is 0. The van der Waals surface area contributed by atoms with Crippen molar-refractivity contribution >= 4 is 5.95 Å². The highest BCUT2D eigenvalue weighted by molar-refractivity contribution is 5.21. The first kappa shape index (κ1) is 9.67. The third-order valence-corrected chi connectivity index (χ3v) is 1.93. The van der Waals surface area contributed by atoms with E-state index in [0.717, 1.165) is 12.4 Å². The van der Waals surface area contributed by atoms with E-state index < -0.39 is 0 Å². The number of benzene rings is 1. The molecule has 5 nitrogen and oxygen atoms in total. The van der Waals surface area contributed by atoms with E-state index in [-0.39, 0.29) is 0 Å². The van der Waals surface area contributed by atoms with Crippen molar-refractivity contribution < 1.29 is 0 Å². The standard InChI is InChI=1S/C10H13N5/c1-8-12-10(15-13-8)14-11-7-9-5-3-2-4-6-9/h2-6,11H,7H2,1H3,(H2,12,13,14,15). The molecule has 2 rings (SSSR count). The van der Waals surface area contributed by atoms with E-state index in [0.29, 0.717) is 5.95 Å². The molecular formula is C10H13N5. The molecule has 0 aliphatic carbocycles. The Hall–Kier alpha value is -1.88. The number of hydrazine groups is 1. The molecule has 0 fully saturated rings. The van der Waals surface area contributed by atoms with Crippen molar-refractivity contribution in [2.75, 3.05) is 5.43 Å². The van der Waals surface area contributed by atoms with Gasteiger partial charge in [-0.05, 0) is 12.5 Å². The van der Waals surface area contributed by atoms with Crippen LogP contribution in [0.2, 0.25) is 0 Å². The number of hydrogen-bond acceptors (Lipinski definition) is 4. The number of aromatic amines is 1. The molecule has 3 N–H and O–H groups in total. The lowest BCUT2D eigenvalue weighted by molar-refractivity contribution is 0.787. The molecule has 0 atom stereocenters. The van der Waals surface area contributed by atoms with Gasteiger partial charge in [-0.2, -0.15) is 4.98 Å². The van der Waals surface area contributed by atoms with E-state index >= 15 is 0 Å². The zero-order chi connectivity index (χ0) is 10.5. The minimum Gasteiger partial charge on any atom is -0.288 e. The van der Waals surface area contributed by atoms with E-state index in [1.807, 2.05) is 25.1 Å². The second kappa shape index (κ2) is 4.56. The van der Waals surface area contributed by atoms with Gasteiger partial charge in [-0.1, -0.05) is 30.3 Å². The molecule has 15 heavy (non-hydrogen) atoms. The second-order valence-electron chi connectivity index (χ2n) is 3.21. The first-order valence-corrected chi connectivity index (χ1v) is 4.76. The van der Waals surface area contributed by atoms with Crippen molar-refractivity contribution in [3.05, 3.63) is 41.7 Å². The van der Waals surface area contributed by atoms with Crippen LogP contribution in [-0.4, -0.2) is 15.2 Å². The maximum Gasteiger partial charge on any atom is 0.256 e. The Labute approximate surface area is 87.9 Å². The van der Waals surface area contributed by atoms with Crippen molar-refractivity contribution in [2.45, 2.75) is 13.5 Å². The SMILES string of the molecule is Cc1nc(NNCc2ccccc2)n[nH]1.